The summed E-state index contributed by atoms with van der Waals surface area (Å²) in [5.41, 5.74) is 3.13. The van der Waals surface area contributed by atoms with Gasteiger partial charge in [0.15, 0.2) is 0 Å². The summed E-state index contributed by atoms with van der Waals surface area (Å²) in [4.78, 5) is 17.3. The highest BCUT2D eigenvalue weighted by molar-refractivity contribution is 5.78. The van der Waals surface area contributed by atoms with E-state index in [0.29, 0.717) is 13.1 Å². The fourth-order valence-electron chi connectivity index (χ4n) is 4.41. The van der Waals surface area contributed by atoms with Gasteiger partial charge < -0.3 is 10.1 Å². The lowest BCUT2D eigenvalue weighted by Gasteiger charge is -2.31. The molecule has 6 heteroatoms. The Morgan fingerprint density at radius 1 is 0.935 bits per heavy atom. The number of hydrogen-bond donors (Lipinski definition) is 1. The number of likely N-dealkylation sites (tertiary alicyclic amines) is 1. The number of nitrogens with zero attached hydrogens (tertiary/aromatic N) is 2. The maximum absolute atomic E-state index is 13.9. The molecule has 2 fully saturated rings. The predicted octanol–water partition coefficient (Wildman–Crippen LogP) is 3.19. The Morgan fingerprint density at radius 3 is 2.42 bits per heavy atom. The van der Waals surface area contributed by atoms with Gasteiger partial charge in [-0.3, -0.25) is 14.6 Å². The highest BCUT2D eigenvalue weighted by Crippen LogP contribution is 2.20. The number of nitrogens with one attached hydrogen (secondary N) is 1. The zero-order valence-corrected chi connectivity index (χ0v) is 18.1. The second kappa shape index (κ2) is 10.8. The Morgan fingerprint density at radius 2 is 1.65 bits per heavy atom. The van der Waals surface area contributed by atoms with Crippen LogP contribution in [0.15, 0.2) is 48.5 Å². The normalized spacial score (nSPS) is 18.7. The molecular formula is C25H32FN3O2. The lowest BCUT2D eigenvalue weighted by atomic mass is 9.95. The van der Waals surface area contributed by atoms with Crippen LogP contribution in [-0.4, -0.2) is 55.1 Å². The number of benzene rings is 2. The predicted molar refractivity (Wildman–Crippen MR) is 119 cm³/mol. The molecule has 0 unspecified atom stereocenters. The second-order valence-corrected chi connectivity index (χ2v) is 8.57. The van der Waals surface area contributed by atoms with E-state index in [1.807, 2.05) is 12.1 Å². The second-order valence-electron chi connectivity index (χ2n) is 8.57. The smallest absolute Gasteiger partial charge is 0.223 e. The number of carbonyl (C=O) groups excluding carboxylic acids is 1. The van der Waals surface area contributed by atoms with Crippen LogP contribution >= 0.6 is 0 Å². The average Bonchev–Trinajstić information content (AvgIpc) is 2.80. The van der Waals surface area contributed by atoms with Gasteiger partial charge >= 0.3 is 0 Å². The topological polar surface area (TPSA) is 44.8 Å². The summed E-state index contributed by atoms with van der Waals surface area (Å²) in [6.07, 6.45) is 1.63. The molecule has 2 aliphatic rings. The van der Waals surface area contributed by atoms with Crippen LogP contribution < -0.4 is 5.32 Å². The zero-order valence-electron chi connectivity index (χ0n) is 18.1. The molecule has 166 valence electrons. The molecule has 5 nitrogen and oxygen atoms in total. The number of carbonyl (C=O) groups is 1. The lowest BCUT2D eigenvalue weighted by Crippen LogP contribution is -2.40. The van der Waals surface area contributed by atoms with E-state index in [4.69, 9.17) is 4.74 Å². The fourth-order valence-corrected chi connectivity index (χ4v) is 4.41. The van der Waals surface area contributed by atoms with E-state index >= 15 is 0 Å². The minimum Gasteiger partial charge on any atom is -0.379 e. The first-order valence-electron chi connectivity index (χ1n) is 11.3. The Hall–Kier alpha value is -2.28. The zero-order chi connectivity index (χ0) is 21.5. The third-order valence-corrected chi connectivity index (χ3v) is 6.28. The molecule has 31 heavy (non-hydrogen) atoms. The number of ether oxygens (including phenoxy) is 1. The van der Waals surface area contributed by atoms with E-state index in [0.717, 1.165) is 69.9 Å². The molecule has 1 amide bonds. The van der Waals surface area contributed by atoms with Crippen LogP contribution in [0.25, 0.3) is 0 Å². The van der Waals surface area contributed by atoms with E-state index in [-0.39, 0.29) is 17.6 Å². The Kier molecular flexibility index (Phi) is 7.67. The molecule has 0 atom stereocenters. The number of morpholine rings is 1. The van der Waals surface area contributed by atoms with E-state index in [1.165, 1.54) is 11.6 Å². The molecule has 0 aliphatic carbocycles. The van der Waals surface area contributed by atoms with E-state index in [2.05, 4.69) is 39.4 Å². The van der Waals surface area contributed by atoms with E-state index < -0.39 is 0 Å². The van der Waals surface area contributed by atoms with Crippen molar-refractivity contribution in [1.82, 2.24) is 15.1 Å². The summed E-state index contributed by atoms with van der Waals surface area (Å²) in [6, 6.07) is 15.4. The summed E-state index contributed by atoms with van der Waals surface area (Å²) in [5.74, 6) is 0.00995. The first kappa shape index (κ1) is 21.9. The molecular weight excluding hydrogens is 393 g/mol. The molecule has 2 aromatic carbocycles. The number of rotatable bonds is 7. The van der Waals surface area contributed by atoms with Gasteiger partial charge in [-0.1, -0.05) is 42.5 Å². The van der Waals surface area contributed by atoms with Gasteiger partial charge in [0.1, 0.15) is 5.82 Å². The van der Waals surface area contributed by atoms with Crippen molar-refractivity contribution in [2.75, 3.05) is 39.4 Å². The maximum atomic E-state index is 13.9. The van der Waals surface area contributed by atoms with Gasteiger partial charge in [0.2, 0.25) is 5.91 Å². The van der Waals surface area contributed by atoms with E-state index in [1.54, 1.807) is 6.07 Å². The first-order chi connectivity index (χ1) is 15.2. The number of halogens is 1. The molecule has 0 aromatic heterocycles. The van der Waals surface area contributed by atoms with Crippen molar-refractivity contribution >= 4 is 5.91 Å². The van der Waals surface area contributed by atoms with E-state index in [9.17, 15) is 9.18 Å². The van der Waals surface area contributed by atoms with Gasteiger partial charge in [-0.15, -0.1) is 0 Å². The summed E-state index contributed by atoms with van der Waals surface area (Å²) in [6.45, 7) is 7.27. The van der Waals surface area contributed by atoms with Crippen molar-refractivity contribution in [2.45, 2.75) is 32.5 Å². The number of piperidine rings is 1. The van der Waals surface area contributed by atoms with Gasteiger partial charge in [0.05, 0.1) is 13.2 Å². The Balaban J connectivity index is 1.21. The third-order valence-electron chi connectivity index (χ3n) is 6.28. The molecule has 0 radical (unpaired) electrons. The number of amides is 1. The van der Waals surface area contributed by atoms with Gasteiger partial charge in [-0.2, -0.15) is 0 Å². The van der Waals surface area contributed by atoms with Gasteiger partial charge in [-0.05, 0) is 43.1 Å². The minimum absolute atomic E-state index is 0.0356. The largest absolute Gasteiger partial charge is 0.379 e. The van der Waals surface area contributed by atoms with Crippen molar-refractivity contribution in [2.24, 2.45) is 5.92 Å². The standard InChI is InChI=1S/C25H32FN3O2/c26-24-7-2-1-6-23(24)19-28-10-8-22(9-11-28)25(30)27-17-20-4-3-5-21(16-20)18-29-12-14-31-15-13-29/h1-7,16,22H,8-15,17-19H2,(H,27,30). The van der Waals surface area contributed by atoms with Crippen LogP contribution in [-0.2, 0) is 29.2 Å². The molecule has 2 aromatic rings. The SMILES string of the molecule is O=C(NCc1cccc(CN2CCOCC2)c1)C1CCN(Cc2ccccc2F)CC1. The van der Waals surface area contributed by atoms with Crippen molar-refractivity contribution in [3.8, 4) is 0 Å². The molecule has 4 rings (SSSR count). The van der Waals surface area contributed by atoms with Crippen molar-refractivity contribution in [3.05, 3.63) is 71.0 Å². The average molecular weight is 426 g/mol. The molecule has 0 bridgehead atoms. The lowest BCUT2D eigenvalue weighted by molar-refractivity contribution is -0.126. The maximum Gasteiger partial charge on any atom is 0.223 e. The number of hydrogen-bond acceptors (Lipinski definition) is 4. The molecule has 2 saturated heterocycles. The molecule has 1 N–H and O–H groups in total. The molecule has 0 saturated carbocycles. The highest BCUT2D eigenvalue weighted by Gasteiger charge is 2.25. The van der Waals surface area contributed by atoms with Crippen LogP contribution in [0, 0.1) is 11.7 Å². The van der Waals surface area contributed by atoms with Crippen LogP contribution in [0.2, 0.25) is 0 Å². The highest BCUT2D eigenvalue weighted by atomic mass is 19.1. The Labute approximate surface area is 184 Å². The van der Waals surface area contributed by atoms with Crippen LogP contribution in [0.1, 0.15) is 29.5 Å². The third kappa shape index (κ3) is 6.35. The van der Waals surface area contributed by atoms with Gasteiger partial charge in [-0.25, -0.2) is 4.39 Å². The van der Waals surface area contributed by atoms with Crippen LogP contribution in [0.3, 0.4) is 0 Å². The molecule has 2 aliphatic heterocycles. The van der Waals surface area contributed by atoms with Crippen molar-refractivity contribution < 1.29 is 13.9 Å². The van der Waals surface area contributed by atoms with Crippen LogP contribution in [0.4, 0.5) is 4.39 Å². The monoisotopic (exact) mass is 425 g/mol. The van der Waals surface area contributed by atoms with Crippen LogP contribution in [0.5, 0.6) is 0 Å². The molecule has 2 heterocycles. The molecule has 0 spiro atoms. The fraction of sp³-hybridized carbons (Fsp3) is 0.480. The first-order valence-corrected chi connectivity index (χ1v) is 11.3. The van der Waals surface area contributed by atoms with Gasteiger partial charge in [0, 0.05) is 44.2 Å². The summed E-state index contributed by atoms with van der Waals surface area (Å²) >= 11 is 0. The Bertz CT molecular complexity index is 861. The van der Waals surface area contributed by atoms with Crippen molar-refractivity contribution in [3.63, 3.8) is 0 Å². The summed E-state index contributed by atoms with van der Waals surface area (Å²) in [5, 5.41) is 3.12. The van der Waals surface area contributed by atoms with Gasteiger partial charge in [0.25, 0.3) is 0 Å². The quantitative estimate of drug-likeness (QED) is 0.740. The summed E-state index contributed by atoms with van der Waals surface area (Å²) < 4.78 is 19.3. The summed E-state index contributed by atoms with van der Waals surface area (Å²) in [7, 11) is 0. The van der Waals surface area contributed by atoms with Crippen molar-refractivity contribution in [1.29, 1.82) is 0 Å². The minimum atomic E-state index is -0.154.